The van der Waals surface area contributed by atoms with E-state index >= 15 is 0 Å². The standard InChI is InChI=1S/C12H20N4O2S/c1-9-11(19-15-14-9)7-16(2)8-12(17)13-6-10-4-3-5-18-10/h10H,3-8H2,1-2H3,(H,13,17)/t10-/m1/s1. The Bertz CT molecular complexity index is 418. The van der Waals surface area contributed by atoms with E-state index in [1.165, 1.54) is 11.5 Å². The van der Waals surface area contributed by atoms with Gasteiger partial charge in [0, 0.05) is 19.7 Å². The van der Waals surface area contributed by atoms with Crippen LogP contribution in [0, 0.1) is 6.92 Å². The number of hydrogen-bond donors (Lipinski definition) is 1. The second kappa shape index (κ2) is 6.93. The number of carbonyl (C=O) groups is 1. The van der Waals surface area contributed by atoms with E-state index in [0.29, 0.717) is 19.6 Å². The SMILES string of the molecule is Cc1nnsc1CN(C)CC(=O)NC[C@H]1CCCO1. The molecule has 1 aliphatic heterocycles. The summed E-state index contributed by atoms with van der Waals surface area (Å²) in [5.41, 5.74) is 0.941. The van der Waals surface area contributed by atoms with Crippen LogP contribution in [-0.2, 0) is 16.1 Å². The Balaban J connectivity index is 1.68. The second-order valence-corrected chi connectivity index (χ2v) is 5.73. The predicted octanol–water partition coefficient (Wildman–Crippen LogP) is 0.574. The van der Waals surface area contributed by atoms with Crippen LogP contribution in [0.1, 0.15) is 23.4 Å². The van der Waals surface area contributed by atoms with Crippen molar-refractivity contribution in [2.75, 3.05) is 26.7 Å². The summed E-state index contributed by atoms with van der Waals surface area (Å²) >= 11 is 1.38. The van der Waals surface area contributed by atoms with Crippen LogP contribution in [0.15, 0.2) is 0 Å². The van der Waals surface area contributed by atoms with Gasteiger partial charge in [0.15, 0.2) is 0 Å². The Morgan fingerprint density at radius 1 is 1.63 bits per heavy atom. The van der Waals surface area contributed by atoms with E-state index in [-0.39, 0.29) is 12.0 Å². The smallest absolute Gasteiger partial charge is 0.234 e. The summed E-state index contributed by atoms with van der Waals surface area (Å²) in [4.78, 5) is 14.9. The summed E-state index contributed by atoms with van der Waals surface area (Å²) in [5, 5.41) is 6.88. The molecule has 0 radical (unpaired) electrons. The molecule has 0 spiro atoms. The summed E-state index contributed by atoms with van der Waals surface area (Å²) in [6.45, 7) is 4.46. The van der Waals surface area contributed by atoms with E-state index in [1.807, 2.05) is 18.9 Å². The molecule has 0 unspecified atom stereocenters. The fraction of sp³-hybridized carbons (Fsp3) is 0.750. The number of aromatic nitrogens is 2. The first-order valence-corrected chi connectivity index (χ1v) is 7.27. The van der Waals surface area contributed by atoms with Crippen LogP contribution in [0.25, 0.3) is 0 Å². The van der Waals surface area contributed by atoms with Crippen molar-refractivity contribution in [3.63, 3.8) is 0 Å². The van der Waals surface area contributed by atoms with E-state index < -0.39 is 0 Å². The lowest BCUT2D eigenvalue weighted by Gasteiger charge is -2.16. The molecule has 1 aromatic rings. The van der Waals surface area contributed by atoms with Crippen LogP contribution in [0.5, 0.6) is 0 Å². The van der Waals surface area contributed by atoms with Crippen molar-refractivity contribution in [2.24, 2.45) is 0 Å². The van der Waals surface area contributed by atoms with Gasteiger partial charge in [-0.1, -0.05) is 4.49 Å². The van der Waals surface area contributed by atoms with Gasteiger partial charge in [0.1, 0.15) is 0 Å². The molecule has 2 rings (SSSR count). The Morgan fingerprint density at radius 3 is 3.11 bits per heavy atom. The van der Waals surface area contributed by atoms with Crippen molar-refractivity contribution in [1.82, 2.24) is 19.8 Å². The highest BCUT2D eigenvalue weighted by Crippen LogP contribution is 2.12. The van der Waals surface area contributed by atoms with Crippen molar-refractivity contribution in [3.05, 3.63) is 10.6 Å². The van der Waals surface area contributed by atoms with Crippen LogP contribution in [0.2, 0.25) is 0 Å². The van der Waals surface area contributed by atoms with E-state index in [0.717, 1.165) is 30.0 Å². The third kappa shape index (κ3) is 4.52. The minimum absolute atomic E-state index is 0.0353. The van der Waals surface area contributed by atoms with Crippen LogP contribution < -0.4 is 5.32 Å². The highest BCUT2D eigenvalue weighted by molar-refractivity contribution is 7.05. The molecule has 1 aromatic heterocycles. The number of likely N-dealkylation sites (N-methyl/N-ethyl adjacent to an activating group) is 1. The molecular formula is C12H20N4O2S. The van der Waals surface area contributed by atoms with Gasteiger partial charge in [-0.15, -0.1) is 5.10 Å². The topological polar surface area (TPSA) is 67.4 Å². The molecule has 6 nitrogen and oxygen atoms in total. The number of nitrogens with zero attached hydrogens (tertiary/aromatic N) is 3. The lowest BCUT2D eigenvalue weighted by molar-refractivity contribution is -0.122. The second-order valence-electron chi connectivity index (χ2n) is 4.89. The Kier molecular flexibility index (Phi) is 5.24. The zero-order valence-corrected chi connectivity index (χ0v) is 12.2. The summed E-state index contributed by atoms with van der Waals surface area (Å²) in [6.07, 6.45) is 2.34. The summed E-state index contributed by atoms with van der Waals surface area (Å²) in [7, 11) is 1.92. The van der Waals surface area contributed by atoms with E-state index in [1.54, 1.807) is 0 Å². The van der Waals surface area contributed by atoms with Gasteiger partial charge < -0.3 is 10.1 Å². The van der Waals surface area contributed by atoms with Crippen LogP contribution >= 0.6 is 11.5 Å². The predicted molar refractivity (Wildman–Crippen MR) is 73.0 cm³/mol. The third-order valence-corrected chi connectivity index (χ3v) is 3.93. The molecule has 2 heterocycles. The first-order chi connectivity index (χ1) is 9.15. The summed E-state index contributed by atoms with van der Waals surface area (Å²) in [5.74, 6) is 0.0353. The Morgan fingerprint density at radius 2 is 2.47 bits per heavy atom. The molecule has 7 heteroatoms. The molecule has 0 aliphatic carbocycles. The van der Waals surface area contributed by atoms with Crippen molar-refractivity contribution in [3.8, 4) is 0 Å². The molecule has 0 saturated carbocycles. The van der Waals surface area contributed by atoms with Crippen molar-refractivity contribution in [1.29, 1.82) is 0 Å². The van der Waals surface area contributed by atoms with Crippen molar-refractivity contribution < 1.29 is 9.53 Å². The van der Waals surface area contributed by atoms with E-state index in [9.17, 15) is 4.79 Å². The Labute approximate surface area is 117 Å². The van der Waals surface area contributed by atoms with Gasteiger partial charge in [-0.05, 0) is 38.3 Å². The maximum atomic E-state index is 11.8. The maximum Gasteiger partial charge on any atom is 0.234 e. The van der Waals surface area contributed by atoms with Gasteiger partial charge in [-0.25, -0.2) is 0 Å². The summed E-state index contributed by atoms with van der Waals surface area (Å²) in [6, 6.07) is 0. The van der Waals surface area contributed by atoms with Gasteiger partial charge in [-0.2, -0.15) is 0 Å². The van der Waals surface area contributed by atoms with Crippen molar-refractivity contribution >= 4 is 17.4 Å². The number of carbonyl (C=O) groups excluding carboxylic acids is 1. The highest BCUT2D eigenvalue weighted by Gasteiger charge is 2.17. The highest BCUT2D eigenvalue weighted by atomic mass is 32.1. The molecule has 106 valence electrons. The first kappa shape index (κ1) is 14.4. The van der Waals surface area contributed by atoms with E-state index in [4.69, 9.17) is 4.74 Å². The maximum absolute atomic E-state index is 11.8. The molecule has 1 aliphatic rings. The number of amides is 1. The Hall–Kier alpha value is -1.05. The number of hydrogen-bond acceptors (Lipinski definition) is 6. The lowest BCUT2D eigenvalue weighted by Crippen LogP contribution is -2.38. The van der Waals surface area contributed by atoms with Crippen LogP contribution in [-0.4, -0.2) is 53.2 Å². The van der Waals surface area contributed by atoms with Gasteiger partial charge in [0.05, 0.1) is 23.2 Å². The minimum atomic E-state index is 0.0353. The minimum Gasteiger partial charge on any atom is -0.376 e. The largest absolute Gasteiger partial charge is 0.376 e. The molecule has 1 atom stereocenters. The monoisotopic (exact) mass is 284 g/mol. The van der Waals surface area contributed by atoms with Gasteiger partial charge in [-0.3, -0.25) is 9.69 Å². The molecule has 1 saturated heterocycles. The fourth-order valence-electron chi connectivity index (χ4n) is 2.03. The van der Waals surface area contributed by atoms with Gasteiger partial charge in [0.2, 0.25) is 5.91 Å². The molecule has 0 aromatic carbocycles. The third-order valence-electron chi connectivity index (χ3n) is 3.12. The van der Waals surface area contributed by atoms with Crippen molar-refractivity contribution in [2.45, 2.75) is 32.4 Å². The number of nitrogens with one attached hydrogen (secondary N) is 1. The van der Waals surface area contributed by atoms with Crippen LogP contribution in [0.3, 0.4) is 0 Å². The molecule has 19 heavy (non-hydrogen) atoms. The molecular weight excluding hydrogens is 264 g/mol. The molecule has 0 bridgehead atoms. The quantitative estimate of drug-likeness (QED) is 0.827. The first-order valence-electron chi connectivity index (χ1n) is 6.50. The molecule has 1 fully saturated rings. The number of rotatable bonds is 6. The zero-order chi connectivity index (χ0) is 13.7. The fourth-order valence-corrected chi connectivity index (χ4v) is 2.74. The zero-order valence-electron chi connectivity index (χ0n) is 11.4. The average molecular weight is 284 g/mol. The van der Waals surface area contributed by atoms with Gasteiger partial charge >= 0.3 is 0 Å². The average Bonchev–Trinajstić information content (AvgIpc) is 2.99. The van der Waals surface area contributed by atoms with E-state index in [2.05, 4.69) is 14.9 Å². The summed E-state index contributed by atoms with van der Waals surface area (Å²) < 4.78 is 9.36. The van der Waals surface area contributed by atoms with Crippen LogP contribution in [0.4, 0.5) is 0 Å². The molecule has 1 amide bonds. The normalized spacial score (nSPS) is 19.0. The number of ether oxygens (including phenoxy) is 1. The molecule has 1 N–H and O–H groups in total. The number of aryl methyl sites for hydroxylation is 1. The lowest BCUT2D eigenvalue weighted by atomic mass is 10.2. The van der Waals surface area contributed by atoms with Gasteiger partial charge in [0.25, 0.3) is 0 Å².